The summed E-state index contributed by atoms with van der Waals surface area (Å²) in [7, 11) is 0. The first-order chi connectivity index (χ1) is 11.1. The van der Waals surface area contributed by atoms with Gasteiger partial charge in [0, 0.05) is 6.42 Å². The van der Waals surface area contributed by atoms with E-state index in [0.717, 1.165) is 6.42 Å². The van der Waals surface area contributed by atoms with Gasteiger partial charge in [0.15, 0.2) is 5.76 Å². The van der Waals surface area contributed by atoms with E-state index in [4.69, 9.17) is 14.5 Å². The van der Waals surface area contributed by atoms with Gasteiger partial charge in [-0.1, -0.05) is 11.2 Å². The standard InChI is InChI=1S/C17H19N3O3/c1-12-17(13(2)23-20-12)19-16(21)8-3-4-9-22-15-7-5-6-14(10-15)11-18/h5-7,10H,3-4,8-9H2,1-2H3,(H,19,21). The smallest absolute Gasteiger partial charge is 0.224 e. The highest BCUT2D eigenvalue weighted by Gasteiger charge is 2.11. The normalized spacial score (nSPS) is 10.1. The summed E-state index contributed by atoms with van der Waals surface area (Å²) in [5, 5.41) is 15.4. The van der Waals surface area contributed by atoms with Crippen LogP contribution in [0.25, 0.3) is 0 Å². The molecule has 0 fully saturated rings. The minimum absolute atomic E-state index is 0.0640. The van der Waals surface area contributed by atoms with Crippen molar-refractivity contribution in [2.24, 2.45) is 0 Å². The lowest BCUT2D eigenvalue weighted by atomic mass is 10.2. The van der Waals surface area contributed by atoms with E-state index in [1.165, 1.54) is 0 Å². The van der Waals surface area contributed by atoms with E-state index in [1.807, 2.05) is 6.07 Å². The zero-order valence-corrected chi connectivity index (χ0v) is 13.3. The van der Waals surface area contributed by atoms with Gasteiger partial charge in [0.2, 0.25) is 5.91 Å². The van der Waals surface area contributed by atoms with Crippen molar-refractivity contribution < 1.29 is 14.1 Å². The van der Waals surface area contributed by atoms with Gasteiger partial charge in [-0.25, -0.2) is 0 Å². The predicted octanol–water partition coefficient (Wildman–Crippen LogP) is 3.35. The number of benzene rings is 1. The van der Waals surface area contributed by atoms with Crippen LogP contribution in [0.3, 0.4) is 0 Å². The molecule has 0 radical (unpaired) electrons. The molecular formula is C17H19N3O3. The molecule has 0 aliphatic heterocycles. The fraction of sp³-hybridized carbons (Fsp3) is 0.353. The maximum atomic E-state index is 11.9. The van der Waals surface area contributed by atoms with Crippen LogP contribution < -0.4 is 10.1 Å². The van der Waals surface area contributed by atoms with Crippen molar-refractivity contribution in [3.8, 4) is 11.8 Å². The fourth-order valence-electron chi connectivity index (χ4n) is 2.10. The van der Waals surface area contributed by atoms with Gasteiger partial charge in [-0.2, -0.15) is 5.26 Å². The van der Waals surface area contributed by atoms with Crippen LogP contribution in [0.1, 0.15) is 36.3 Å². The summed E-state index contributed by atoms with van der Waals surface area (Å²) < 4.78 is 10.6. The van der Waals surface area contributed by atoms with Crippen molar-refractivity contribution in [3.63, 3.8) is 0 Å². The molecule has 1 amide bonds. The maximum absolute atomic E-state index is 11.9. The van der Waals surface area contributed by atoms with Crippen LogP contribution in [0.4, 0.5) is 5.69 Å². The Morgan fingerprint density at radius 1 is 1.39 bits per heavy atom. The number of carbonyl (C=O) groups is 1. The molecule has 1 N–H and O–H groups in total. The minimum Gasteiger partial charge on any atom is -0.494 e. The van der Waals surface area contributed by atoms with E-state index < -0.39 is 0 Å². The molecule has 0 bridgehead atoms. The first-order valence-electron chi connectivity index (χ1n) is 7.46. The summed E-state index contributed by atoms with van der Waals surface area (Å²) in [4.78, 5) is 11.9. The summed E-state index contributed by atoms with van der Waals surface area (Å²) in [6.45, 7) is 4.06. The van der Waals surface area contributed by atoms with Gasteiger partial charge in [0.25, 0.3) is 0 Å². The zero-order chi connectivity index (χ0) is 16.7. The molecule has 0 aliphatic rings. The first kappa shape index (κ1) is 16.6. The average Bonchev–Trinajstić information content (AvgIpc) is 2.86. The van der Waals surface area contributed by atoms with Crippen LogP contribution in [-0.4, -0.2) is 17.7 Å². The van der Waals surface area contributed by atoms with Gasteiger partial charge >= 0.3 is 0 Å². The molecule has 0 aliphatic carbocycles. The molecule has 0 spiro atoms. The van der Waals surface area contributed by atoms with Crippen LogP contribution in [-0.2, 0) is 4.79 Å². The summed E-state index contributed by atoms with van der Waals surface area (Å²) in [5.41, 5.74) is 1.90. The monoisotopic (exact) mass is 313 g/mol. The molecule has 0 saturated carbocycles. The topological polar surface area (TPSA) is 88.2 Å². The van der Waals surface area contributed by atoms with E-state index in [0.29, 0.717) is 47.9 Å². The maximum Gasteiger partial charge on any atom is 0.224 e. The predicted molar refractivity (Wildman–Crippen MR) is 85.1 cm³/mol. The molecule has 0 saturated heterocycles. The largest absolute Gasteiger partial charge is 0.494 e. The van der Waals surface area contributed by atoms with Crippen LogP contribution in [0.2, 0.25) is 0 Å². The summed E-state index contributed by atoms with van der Waals surface area (Å²) in [6.07, 6.45) is 1.88. The Morgan fingerprint density at radius 2 is 2.22 bits per heavy atom. The molecule has 6 nitrogen and oxygen atoms in total. The second-order valence-corrected chi connectivity index (χ2v) is 5.19. The number of nitriles is 1. The van der Waals surface area contributed by atoms with Crippen molar-refractivity contribution in [2.45, 2.75) is 33.1 Å². The van der Waals surface area contributed by atoms with Crippen molar-refractivity contribution in [1.29, 1.82) is 5.26 Å². The van der Waals surface area contributed by atoms with E-state index in [2.05, 4.69) is 16.5 Å². The van der Waals surface area contributed by atoms with Crippen molar-refractivity contribution >= 4 is 11.6 Å². The van der Waals surface area contributed by atoms with Gasteiger partial charge in [-0.3, -0.25) is 4.79 Å². The highest BCUT2D eigenvalue weighted by atomic mass is 16.5. The number of unbranched alkanes of at least 4 members (excludes halogenated alkanes) is 1. The molecule has 2 aromatic rings. The molecule has 6 heteroatoms. The van der Waals surface area contributed by atoms with Crippen LogP contribution in [0.15, 0.2) is 28.8 Å². The van der Waals surface area contributed by atoms with Crippen LogP contribution in [0.5, 0.6) is 5.75 Å². The summed E-state index contributed by atoms with van der Waals surface area (Å²) >= 11 is 0. The van der Waals surface area contributed by atoms with Crippen LogP contribution >= 0.6 is 0 Å². The number of amides is 1. The van der Waals surface area contributed by atoms with E-state index in [9.17, 15) is 4.79 Å². The molecular weight excluding hydrogens is 294 g/mol. The molecule has 1 heterocycles. The lowest BCUT2D eigenvalue weighted by Gasteiger charge is -2.07. The fourth-order valence-corrected chi connectivity index (χ4v) is 2.10. The number of aromatic nitrogens is 1. The van der Waals surface area contributed by atoms with Gasteiger partial charge < -0.3 is 14.6 Å². The van der Waals surface area contributed by atoms with Gasteiger partial charge in [-0.15, -0.1) is 0 Å². The lowest BCUT2D eigenvalue weighted by Crippen LogP contribution is -2.12. The quantitative estimate of drug-likeness (QED) is 0.792. The van der Waals surface area contributed by atoms with Gasteiger partial charge in [-0.05, 0) is 44.9 Å². The Labute approximate surface area is 135 Å². The molecule has 23 heavy (non-hydrogen) atoms. The van der Waals surface area contributed by atoms with Crippen LogP contribution in [0, 0.1) is 25.2 Å². The molecule has 1 aromatic heterocycles. The Morgan fingerprint density at radius 3 is 2.91 bits per heavy atom. The molecule has 2 rings (SSSR count). The highest BCUT2D eigenvalue weighted by Crippen LogP contribution is 2.19. The Hall–Kier alpha value is -2.81. The lowest BCUT2D eigenvalue weighted by molar-refractivity contribution is -0.116. The number of rotatable bonds is 7. The minimum atomic E-state index is -0.0640. The van der Waals surface area contributed by atoms with Crippen molar-refractivity contribution in [3.05, 3.63) is 41.3 Å². The second-order valence-electron chi connectivity index (χ2n) is 5.19. The average molecular weight is 313 g/mol. The number of carbonyl (C=O) groups excluding carboxylic acids is 1. The molecule has 1 aromatic carbocycles. The molecule has 120 valence electrons. The Bertz CT molecular complexity index is 697. The number of anilines is 1. The zero-order valence-electron chi connectivity index (χ0n) is 13.3. The number of hydrogen-bond acceptors (Lipinski definition) is 5. The van der Waals surface area contributed by atoms with Crippen molar-refractivity contribution in [1.82, 2.24) is 5.16 Å². The Kier molecular flexibility index (Phi) is 5.75. The third-order valence-electron chi connectivity index (χ3n) is 3.33. The first-order valence-corrected chi connectivity index (χ1v) is 7.46. The number of nitrogens with one attached hydrogen (secondary N) is 1. The summed E-state index contributed by atoms with van der Waals surface area (Å²) in [6, 6.07) is 9.09. The van der Waals surface area contributed by atoms with Crippen molar-refractivity contribution in [2.75, 3.05) is 11.9 Å². The SMILES string of the molecule is Cc1noc(C)c1NC(=O)CCCCOc1cccc(C#N)c1. The van der Waals surface area contributed by atoms with Gasteiger partial charge in [0.05, 0.1) is 18.2 Å². The number of aryl methyl sites for hydroxylation is 2. The van der Waals surface area contributed by atoms with E-state index >= 15 is 0 Å². The molecule has 0 atom stereocenters. The second kappa shape index (κ2) is 7.99. The van der Waals surface area contributed by atoms with E-state index in [-0.39, 0.29) is 5.91 Å². The highest BCUT2D eigenvalue weighted by molar-refractivity contribution is 5.91. The third-order valence-corrected chi connectivity index (χ3v) is 3.33. The van der Waals surface area contributed by atoms with E-state index in [1.54, 1.807) is 32.0 Å². The Balaban J connectivity index is 1.67. The van der Waals surface area contributed by atoms with Gasteiger partial charge in [0.1, 0.15) is 17.1 Å². The number of ether oxygens (including phenoxy) is 1. The number of nitrogens with zero attached hydrogens (tertiary/aromatic N) is 2. The number of hydrogen-bond donors (Lipinski definition) is 1. The third kappa shape index (κ3) is 4.85. The molecule has 0 unspecified atom stereocenters. The summed E-state index contributed by atoms with van der Waals surface area (Å²) in [5.74, 6) is 1.21.